The van der Waals surface area contributed by atoms with Crippen LogP contribution in [0.15, 0.2) is 42.7 Å². The summed E-state index contributed by atoms with van der Waals surface area (Å²) in [5.74, 6) is 3.87. The van der Waals surface area contributed by atoms with Crippen LogP contribution in [-0.4, -0.2) is 38.8 Å². The van der Waals surface area contributed by atoms with Gasteiger partial charge in [-0.3, -0.25) is 0 Å². The Hall–Kier alpha value is -0.910. The highest BCUT2D eigenvalue weighted by atomic mass is 32.2. The molecular weight excluding hydrogens is 298 g/mol. The zero-order chi connectivity index (χ0) is 14.5. The van der Waals surface area contributed by atoms with Crippen LogP contribution < -0.4 is 5.32 Å². The number of nitrogens with zero attached hydrogens (tertiary/aromatic N) is 2. The lowest BCUT2D eigenvalue weighted by Gasteiger charge is -2.23. The Morgan fingerprint density at radius 2 is 2.19 bits per heavy atom. The molecule has 0 amide bonds. The van der Waals surface area contributed by atoms with E-state index in [4.69, 9.17) is 0 Å². The van der Waals surface area contributed by atoms with E-state index in [0.717, 1.165) is 17.5 Å². The van der Waals surface area contributed by atoms with Crippen molar-refractivity contribution in [3.63, 3.8) is 0 Å². The Kier molecular flexibility index (Phi) is 5.27. The Labute approximate surface area is 134 Å². The van der Waals surface area contributed by atoms with Crippen LogP contribution in [0.2, 0.25) is 0 Å². The quantitative estimate of drug-likeness (QED) is 0.915. The average Bonchev–Trinajstić information content (AvgIpc) is 3.04. The molecule has 2 heterocycles. The molecule has 2 unspecified atom stereocenters. The molecule has 0 radical (unpaired) electrons. The molecule has 0 saturated carbocycles. The number of thioether (sulfide) groups is 2. The Balaban J connectivity index is 1.57. The highest BCUT2D eigenvalue weighted by Crippen LogP contribution is 2.24. The molecule has 1 N–H and O–H groups in total. The molecule has 1 fully saturated rings. The third kappa shape index (κ3) is 4.05. The van der Waals surface area contributed by atoms with Gasteiger partial charge in [-0.25, -0.2) is 4.68 Å². The molecule has 5 heteroatoms. The normalized spacial score (nSPS) is 20.3. The molecule has 1 aromatic heterocycles. The zero-order valence-electron chi connectivity index (χ0n) is 12.2. The number of aromatic nitrogens is 2. The Morgan fingerprint density at radius 3 is 2.95 bits per heavy atom. The second-order valence-electron chi connectivity index (χ2n) is 5.25. The van der Waals surface area contributed by atoms with Crippen LogP contribution in [0, 0.1) is 0 Å². The Morgan fingerprint density at radius 1 is 1.33 bits per heavy atom. The first kappa shape index (κ1) is 15.0. The molecule has 3 rings (SSSR count). The van der Waals surface area contributed by atoms with E-state index in [1.54, 1.807) is 0 Å². The van der Waals surface area contributed by atoms with Crippen molar-refractivity contribution in [1.29, 1.82) is 0 Å². The summed E-state index contributed by atoms with van der Waals surface area (Å²) in [4.78, 5) is 0. The number of rotatable bonds is 5. The van der Waals surface area contributed by atoms with E-state index in [1.165, 1.54) is 22.8 Å². The first-order valence-corrected chi connectivity index (χ1v) is 9.56. The van der Waals surface area contributed by atoms with Gasteiger partial charge in [0.25, 0.3) is 0 Å². The first-order valence-electron chi connectivity index (χ1n) is 7.35. The number of nitrogens with one attached hydrogen (secondary N) is 1. The minimum atomic E-state index is 0.343. The van der Waals surface area contributed by atoms with E-state index < -0.39 is 0 Å². The van der Waals surface area contributed by atoms with Gasteiger partial charge in [0.1, 0.15) is 0 Å². The van der Waals surface area contributed by atoms with Crippen LogP contribution in [0.3, 0.4) is 0 Å². The zero-order valence-corrected chi connectivity index (χ0v) is 13.9. The number of hydrogen-bond acceptors (Lipinski definition) is 4. The fourth-order valence-corrected chi connectivity index (χ4v) is 4.99. The van der Waals surface area contributed by atoms with Gasteiger partial charge in [0.15, 0.2) is 0 Å². The van der Waals surface area contributed by atoms with Crippen LogP contribution in [0.5, 0.6) is 0 Å². The monoisotopic (exact) mass is 319 g/mol. The van der Waals surface area contributed by atoms with E-state index in [2.05, 4.69) is 59.2 Å². The maximum Gasteiger partial charge on any atom is 0.0645 e. The van der Waals surface area contributed by atoms with Crippen molar-refractivity contribution < 1.29 is 0 Å². The topological polar surface area (TPSA) is 29.9 Å². The van der Waals surface area contributed by atoms with Crippen molar-refractivity contribution in [2.75, 3.05) is 23.8 Å². The summed E-state index contributed by atoms with van der Waals surface area (Å²) in [5, 5.41) is 8.86. The van der Waals surface area contributed by atoms with E-state index in [-0.39, 0.29) is 0 Å². The third-order valence-corrected chi connectivity index (χ3v) is 6.50. The van der Waals surface area contributed by atoms with Crippen LogP contribution in [-0.2, 0) is 0 Å². The van der Waals surface area contributed by atoms with Crippen molar-refractivity contribution in [3.05, 3.63) is 48.3 Å². The summed E-state index contributed by atoms with van der Waals surface area (Å²) < 4.78 is 1.94. The second-order valence-corrected chi connectivity index (χ2v) is 7.81. The minimum Gasteiger partial charge on any atom is -0.309 e. The largest absolute Gasteiger partial charge is 0.309 e. The maximum absolute atomic E-state index is 4.47. The van der Waals surface area contributed by atoms with Gasteiger partial charge in [0.2, 0.25) is 0 Å². The molecule has 2 atom stereocenters. The molecule has 21 heavy (non-hydrogen) atoms. The second kappa shape index (κ2) is 7.38. The predicted octanol–water partition coefficient (Wildman–Crippen LogP) is 3.37. The maximum atomic E-state index is 4.47. The van der Waals surface area contributed by atoms with Crippen molar-refractivity contribution in [2.45, 2.75) is 18.2 Å². The van der Waals surface area contributed by atoms with Crippen molar-refractivity contribution in [3.8, 4) is 5.69 Å². The lowest BCUT2D eigenvalue weighted by Crippen LogP contribution is -2.30. The lowest BCUT2D eigenvalue weighted by molar-refractivity contribution is 0.577. The molecule has 2 aromatic rings. The van der Waals surface area contributed by atoms with Crippen LogP contribution >= 0.6 is 23.5 Å². The van der Waals surface area contributed by atoms with Crippen molar-refractivity contribution >= 4 is 23.5 Å². The van der Waals surface area contributed by atoms with Crippen LogP contribution in [0.25, 0.3) is 5.69 Å². The summed E-state index contributed by atoms with van der Waals surface area (Å²) in [6.07, 6.45) is 4.09. The Bertz CT molecular complexity index is 550. The summed E-state index contributed by atoms with van der Waals surface area (Å²) in [5.41, 5.74) is 2.35. The highest BCUT2D eigenvalue weighted by molar-refractivity contribution is 8.06. The smallest absolute Gasteiger partial charge is 0.0645 e. The van der Waals surface area contributed by atoms with Crippen LogP contribution in [0.1, 0.15) is 18.5 Å². The summed E-state index contributed by atoms with van der Waals surface area (Å²) >= 11 is 4.17. The number of hydrogen-bond donors (Lipinski definition) is 1. The fraction of sp³-hybridized carbons (Fsp3) is 0.438. The molecule has 3 nitrogen and oxygen atoms in total. The van der Waals surface area contributed by atoms with Gasteiger partial charge in [0.05, 0.1) is 11.9 Å². The van der Waals surface area contributed by atoms with E-state index in [0.29, 0.717) is 6.04 Å². The van der Waals surface area contributed by atoms with Gasteiger partial charge < -0.3 is 5.32 Å². The highest BCUT2D eigenvalue weighted by Gasteiger charge is 2.16. The molecule has 0 spiro atoms. The molecule has 1 aliphatic rings. The van der Waals surface area contributed by atoms with Gasteiger partial charge in [0, 0.05) is 46.9 Å². The predicted molar refractivity (Wildman–Crippen MR) is 93.6 cm³/mol. The summed E-state index contributed by atoms with van der Waals surface area (Å²) in [6.45, 7) is 3.29. The summed E-state index contributed by atoms with van der Waals surface area (Å²) in [7, 11) is 0. The average molecular weight is 319 g/mol. The molecule has 0 aliphatic carbocycles. The molecule has 1 aromatic carbocycles. The van der Waals surface area contributed by atoms with Crippen molar-refractivity contribution in [1.82, 2.24) is 15.1 Å². The SMILES string of the molecule is CC(NCC1CSCCS1)c1cnn(-c2ccccc2)c1. The van der Waals surface area contributed by atoms with E-state index in [1.807, 2.05) is 29.1 Å². The van der Waals surface area contributed by atoms with E-state index >= 15 is 0 Å². The van der Waals surface area contributed by atoms with Gasteiger partial charge >= 0.3 is 0 Å². The first-order chi connectivity index (χ1) is 10.3. The van der Waals surface area contributed by atoms with Crippen LogP contribution in [0.4, 0.5) is 0 Å². The lowest BCUT2D eigenvalue weighted by atomic mass is 10.2. The minimum absolute atomic E-state index is 0.343. The number of para-hydroxylation sites is 1. The summed E-state index contributed by atoms with van der Waals surface area (Å²) in [6, 6.07) is 10.6. The molecule has 1 saturated heterocycles. The van der Waals surface area contributed by atoms with Crippen molar-refractivity contribution in [2.24, 2.45) is 0 Å². The van der Waals surface area contributed by atoms with Gasteiger partial charge in [-0.2, -0.15) is 28.6 Å². The standard InChI is InChI=1S/C16H21N3S2/c1-13(17-10-16-12-20-7-8-21-16)14-9-18-19(11-14)15-5-3-2-4-6-15/h2-6,9,11,13,16-17H,7-8,10,12H2,1H3. The molecular formula is C16H21N3S2. The fourth-order valence-electron chi connectivity index (χ4n) is 2.36. The van der Waals surface area contributed by atoms with Gasteiger partial charge in [-0.15, -0.1) is 0 Å². The molecule has 1 aliphatic heterocycles. The van der Waals surface area contributed by atoms with E-state index in [9.17, 15) is 0 Å². The van der Waals surface area contributed by atoms with Gasteiger partial charge in [-0.1, -0.05) is 18.2 Å². The van der Waals surface area contributed by atoms with Gasteiger partial charge in [-0.05, 0) is 19.1 Å². The third-order valence-electron chi connectivity index (χ3n) is 3.66. The molecule has 112 valence electrons. The molecule has 0 bridgehead atoms. The number of benzene rings is 1.